The highest BCUT2D eigenvalue weighted by molar-refractivity contribution is 7.93. The van der Waals surface area contributed by atoms with E-state index < -0.39 is 32.5 Å². The molecule has 0 atom stereocenters. The Hall–Kier alpha value is -4.26. The summed E-state index contributed by atoms with van der Waals surface area (Å²) in [4.78, 5) is 13.0. The molecule has 0 saturated heterocycles. The zero-order chi connectivity index (χ0) is 30.3. The zero-order valence-corrected chi connectivity index (χ0v) is 25.0. The molecule has 1 amide bonds. The fourth-order valence-corrected chi connectivity index (χ4v) is 6.53. The molecule has 13 heteroatoms. The minimum absolute atomic E-state index is 0.0305. The molecule has 0 radical (unpaired) electrons. The number of benzene rings is 4. The quantitative estimate of drug-likeness (QED) is 0.215. The first kappa shape index (κ1) is 30.7. The van der Waals surface area contributed by atoms with Crippen molar-refractivity contribution in [3.05, 3.63) is 102 Å². The van der Waals surface area contributed by atoms with Crippen molar-refractivity contribution in [2.45, 2.75) is 16.7 Å². The van der Waals surface area contributed by atoms with Gasteiger partial charge >= 0.3 is 0 Å². The second-order valence-corrected chi connectivity index (χ2v) is 12.8. The number of sulfonamides is 2. The fraction of sp³-hybridized carbons (Fsp3) is 0.138. The molecule has 4 rings (SSSR count). The Morgan fingerprint density at radius 1 is 0.810 bits per heavy atom. The van der Waals surface area contributed by atoms with Crippen molar-refractivity contribution in [1.82, 2.24) is 0 Å². The summed E-state index contributed by atoms with van der Waals surface area (Å²) in [5.41, 5.74) is 0.818. The molecule has 10 nitrogen and oxygen atoms in total. The Labute approximate surface area is 250 Å². The van der Waals surface area contributed by atoms with Gasteiger partial charge in [0.25, 0.3) is 20.0 Å². The Bertz CT molecular complexity index is 1750. The van der Waals surface area contributed by atoms with Crippen LogP contribution in [0.3, 0.4) is 0 Å². The number of nitrogens with zero attached hydrogens (tertiary/aromatic N) is 1. The number of rotatable bonds is 12. The molecule has 0 saturated carbocycles. The Morgan fingerprint density at radius 2 is 1.40 bits per heavy atom. The summed E-state index contributed by atoms with van der Waals surface area (Å²) in [6.45, 7) is 1.77. The first-order valence-corrected chi connectivity index (χ1v) is 15.9. The molecule has 4 aromatic carbocycles. The Balaban J connectivity index is 1.50. The van der Waals surface area contributed by atoms with Gasteiger partial charge in [-0.05, 0) is 97.9 Å². The average Bonchev–Trinajstić information content (AvgIpc) is 2.97. The normalized spacial score (nSPS) is 11.4. The maximum atomic E-state index is 13.6. The fourth-order valence-electron chi connectivity index (χ4n) is 3.87. The van der Waals surface area contributed by atoms with Gasteiger partial charge in [0.05, 0.1) is 29.2 Å². The van der Waals surface area contributed by atoms with Crippen molar-refractivity contribution < 1.29 is 31.1 Å². The number of anilines is 3. The predicted molar refractivity (Wildman–Crippen MR) is 162 cm³/mol. The van der Waals surface area contributed by atoms with Gasteiger partial charge in [0, 0.05) is 16.4 Å². The maximum absolute atomic E-state index is 13.6. The van der Waals surface area contributed by atoms with Gasteiger partial charge in [0.1, 0.15) is 18.0 Å². The maximum Gasteiger partial charge on any atom is 0.264 e. The van der Waals surface area contributed by atoms with Crippen LogP contribution < -0.4 is 23.8 Å². The molecule has 0 aliphatic heterocycles. The highest BCUT2D eigenvalue weighted by atomic mass is 35.5. The van der Waals surface area contributed by atoms with Crippen molar-refractivity contribution >= 4 is 54.6 Å². The summed E-state index contributed by atoms with van der Waals surface area (Å²) in [5, 5.41) is 2.91. The van der Waals surface area contributed by atoms with Gasteiger partial charge in [-0.3, -0.25) is 13.8 Å². The minimum atomic E-state index is -4.18. The van der Waals surface area contributed by atoms with Gasteiger partial charge < -0.3 is 14.8 Å². The van der Waals surface area contributed by atoms with Crippen molar-refractivity contribution in [3.63, 3.8) is 0 Å². The van der Waals surface area contributed by atoms with Gasteiger partial charge in [-0.1, -0.05) is 17.7 Å². The van der Waals surface area contributed by atoms with Crippen LogP contribution in [-0.2, 0) is 24.8 Å². The van der Waals surface area contributed by atoms with Crippen LogP contribution in [0.5, 0.6) is 11.5 Å². The first-order valence-electron chi connectivity index (χ1n) is 12.6. The van der Waals surface area contributed by atoms with Gasteiger partial charge in [0.15, 0.2) is 0 Å². The van der Waals surface area contributed by atoms with E-state index in [1.807, 2.05) is 6.92 Å². The summed E-state index contributed by atoms with van der Waals surface area (Å²) in [7, 11) is -6.63. The van der Waals surface area contributed by atoms with Gasteiger partial charge in [-0.2, -0.15) is 0 Å². The number of carbonyl (C=O) groups is 1. The number of carbonyl (C=O) groups excluding carboxylic acids is 1. The SMILES string of the molecule is CCOc1ccc(NS(=O)(=O)c2ccc(NC(=O)CN(c3cccc(Cl)c3)S(=O)(=O)c3ccc(OC)cc3)cc2)cc1. The van der Waals surface area contributed by atoms with Gasteiger partial charge in [-0.15, -0.1) is 0 Å². The molecule has 4 aromatic rings. The van der Waals surface area contributed by atoms with Gasteiger partial charge in [-0.25, -0.2) is 16.8 Å². The van der Waals surface area contributed by atoms with Crippen molar-refractivity contribution in [2.24, 2.45) is 0 Å². The summed E-state index contributed by atoms with van der Waals surface area (Å²) < 4.78 is 66.7. The summed E-state index contributed by atoms with van der Waals surface area (Å²) in [6, 6.07) is 23.8. The van der Waals surface area contributed by atoms with E-state index >= 15 is 0 Å². The molecular formula is C29H28ClN3O7S2. The smallest absolute Gasteiger partial charge is 0.264 e. The molecule has 0 fully saturated rings. The number of halogens is 1. The third kappa shape index (κ3) is 7.52. The van der Waals surface area contributed by atoms with Crippen molar-refractivity contribution in [1.29, 1.82) is 0 Å². The minimum Gasteiger partial charge on any atom is -0.497 e. The monoisotopic (exact) mass is 629 g/mol. The number of nitrogens with one attached hydrogen (secondary N) is 2. The molecule has 0 unspecified atom stereocenters. The van der Waals surface area contributed by atoms with Crippen LogP contribution in [0.2, 0.25) is 5.02 Å². The van der Waals surface area contributed by atoms with E-state index in [4.69, 9.17) is 21.1 Å². The number of ether oxygens (including phenoxy) is 2. The van der Waals surface area contributed by atoms with Crippen LogP contribution in [0.25, 0.3) is 0 Å². The standard InChI is InChI=1S/C29H28ClN3O7S2/c1-3-40-26-11-7-23(8-12-26)32-41(35,36)27-15-9-22(10-16-27)31-29(34)20-33(24-6-4-5-21(30)19-24)42(37,38)28-17-13-25(39-2)14-18-28/h4-19,32H,3,20H2,1-2H3,(H,31,34). The molecule has 0 bridgehead atoms. The van der Waals surface area contributed by atoms with Crippen molar-refractivity contribution in [3.8, 4) is 11.5 Å². The van der Waals surface area contributed by atoms with Crippen LogP contribution in [-0.4, -0.2) is 43.0 Å². The number of methoxy groups -OCH3 is 1. The number of amides is 1. The van der Waals surface area contributed by atoms with Crippen LogP contribution in [0.4, 0.5) is 17.1 Å². The van der Waals surface area contributed by atoms with E-state index in [0.717, 1.165) is 4.31 Å². The molecule has 0 aliphatic carbocycles. The van der Waals surface area contributed by atoms with Crippen LogP contribution >= 0.6 is 11.6 Å². The molecule has 0 spiro atoms. The lowest BCUT2D eigenvalue weighted by atomic mass is 10.3. The second-order valence-electron chi connectivity index (χ2n) is 8.80. The molecular weight excluding hydrogens is 602 g/mol. The average molecular weight is 630 g/mol. The summed E-state index contributed by atoms with van der Waals surface area (Å²) in [5.74, 6) is 0.433. The third-order valence-electron chi connectivity index (χ3n) is 5.90. The summed E-state index contributed by atoms with van der Waals surface area (Å²) in [6.07, 6.45) is 0. The lowest BCUT2D eigenvalue weighted by molar-refractivity contribution is -0.114. The molecule has 42 heavy (non-hydrogen) atoms. The lowest BCUT2D eigenvalue weighted by Gasteiger charge is -2.24. The van der Waals surface area contributed by atoms with E-state index in [9.17, 15) is 21.6 Å². The topological polar surface area (TPSA) is 131 Å². The lowest BCUT2D eigenvalue weighted by Crippen LogP contribution is -2.38. The number of hydrogen-bond acceptors (Lipinski definition) is 7. The van der Waals surface area contributed by atoms with Gasteiger partial charge in [0.2, 0.25) is 5.91 Å². The van der Waals surface area contributed by atoms with E-state index in [1.165, 1.54) is 67.8 Å². The molecule has 0 aliphatic rings. The molecule has 220 valence electrons. The van der Waals surface area contributed by atoms with Crippen LogP contribution in [0, 0.1) is 0 Å². The highest BCUT2D eigenvalue weighted by Crippen LogP contribution is 2.27. The number of hydrogen-bond donors (Lipinski definition) is 2. The molecule has 0 aromatic heterocycles. The largest absolute Gasteiger partial charge is 0.497 e. The Kier molecular flexibility index (Phi) is 9.61. The summed E-state index contributed by atoms with van der Waals surface area (Å²) >= 11 is 6.11. The van der Waals surface area contributed by atoms with E-state index in [1.54, 1.807) is 36.4 Å². The highest BCUT2D eigenvalue weighted by Gasteiger charge is 2.28. The van der Waals surface area contributed by atoms with Crippen LogP contribution in [0.1, 0.15) is 6.92 Å². The predicted octanol–water partition coefficient (Wildman–Crippen LogP) is 5.38. The van der Waals surface area contributed by atoms with Crippen molar-refractivity contribution in [2.75, 3.05) is 34.6 Å². The molecule has 2 N–H and O–H groups in total. The van der Waals surface area contributed by atoms with Crippen LogP contribution in [0.15, 0.2) is 107 Å². The third-order valence-corrected chi connectivity index (χ3v) is 9.32. The van der Waals surface area contributed by atoms with E-state index in [2.05, 4.69) is 10.0 Å². The second kappa shape index (κ2) is 13.1. The van der Waals surface area contributed by atoms with E-state index in [0.29, 0.717) is 28.8 Å². The Morgan fingerprint density at radius 3 is 2.00 bits per heavy atom. The molecule has 0 heterocycles. The first-order chi connectivity index (χ1) is 20.0. The van der Waals surface area contributed by atoms with E-state index in [-0.39, 0.29) is 21.2 Å². The zero-order valence-electron chi connectivity index (χ0n) is 22.7.